The van der Waals surface area contributed by atoms with Crippen molar-refractivity contribution in [3.63, 3.8) is 0 Å². The second kappa shape index (κ2) is 7.29. The van der Waals surface area contributed by atoms with Crippen LogP contribution in [-0.4, -0.2) is 23.3 Å². The summed E-state index contributed by atoms with van der Waals surface area (Å²) in [5.41, 5.74) is 1.35. The van der Waals surface area contributed by atoms with Crippen LogP contribution in [0.25, 0.3) is 0 Å². The smallest absolute Gasteiger partial charge is 0.338 e. The maximum atomic E-state index is 11.8. The molecule has 0 aromatic heterocycles. The third-order valence-electron chi connectivity index (χ3n) is 2.71. The van der Waals surface area contributed by atoms with Crippen LogP contribution in [0, 0.1) is 0 Å². The summed E-state index contributed by atoms with van der Waals surface area (Å²) in [5, 5.41) is 8.70. The van der Waals surface area contributed by atoms with Crippen LogP contribution >= 0.6 is 0 Å². The number of aryl methyl sites for hydroxylation is 1. The first kappa shape index (κ1) is 15.7. The molecule has 1 aromatic carbocycles. The van der Waals surface area contributed by atoms with Gasteiger partial charge in [0.05, 0.1) is 5.56 Å². The molecule has 0 atom stereocenters. The highest BCUT2D eigenvalue weighted by Gasteiger charge is 2.17. The summed E-state index contributed by atoms with van der Waals surface area (Å²) in [6, 6.07) is 7.57. The van der Waals surface area contributed by atoms with Crippen molar-refractivity contribution in [1.29, 1.82) is 0 Å². The predicted octanol–water partition coefficient (Wildman–Crippen LogP) is 3.35. The molecule has 3 heteroatoms. The minimum absolute atomic E-state index is 0.261. The number of aliphatic hydroxyl groups is 1. The number of ether oxygens (including phenoxy) is 1. The Morgan fingerprint density at radius 3 is 2.26 bits per heavy atom. The molecule has 106 valence electrons. The lowest BCUT2D eigenvalue weighted by Crippen LogP contribution is -2.23. The van der Waals surface area contributed by atoms with Gasteiger partial charge in [0, 0.05) is 6.61 Å². The molecule has 0 radical (unpaired) electrons. The summed E-state index contributed by atoms with van der Waals surface area (Å²) < 4.78 is 5.31. The molecule has 0 amide bonds. The molecule has 0 bridgehead atoms. The summed E-state index contributed by atoms with van der Waals surface area (Å²) >= 11 is 0. The second-order valence-corrected chi connectivity index (χ2v) is 5.73. The molecule has 1 N–H and O–H groups in total. The van der Waals surface area contributed by atoms with E-state index < -0.39 is 5.60 Å². The molecule has 1 aromatic rings. The van der Waals surface area contributed by atoms with Crippen molar-refractivity contribution >= 4 is 5.97 Å². The Hall–Kier alpha value is -1.35. The molecule has 0 saturated carbocycles. The Morgan fingerprint density at radius 2 is 1.74 bits per heavy atom. The van der Waals surface area contributed by atoms with Crippen molar-refractivity contribution in [3.8, 4) is 0 Å². The maximum absolute atomic E-state index is 11.8. The monoisotopic (exact) mass is 264 g/mol. The topological polar surface area (TPSA) is 46.5 Å². The van der Waals surface area contributed by atoms with Gasteiger partial charge in [-0.1, -0.05) is 18.6 Å². The molecule has 3 nitrogen and oxygen atoms in total. The Labute approximate surface area is 115 Å². The molecule has 0 aliphatic carbocycles. The second-order valence-electron chi connectivity index (χ2n) is 5.73. The third-order valence-corrected chi connectivity index (χ3v) is 2.71. The van der Waals surface area contributed by atoms with E-state index in [1.807, 2.05) is 45.0 Å². The number of esters is 1. The van der Waals surface area contributed by atoms with Crippen LogP contribution in [0.15, 0.2) is 24.3 Å². The predicted molar refractivity (Wildman–Crippen MR) is 76.3 cm³/mol. The van der Waals surface area contributed by atoms with Crippen molar-refractivity contribution in [2.45, 2.75) is 52.1 Å². The van der Waals surface area contributed by atoms with Crippen molar-refractivity contribution in [1.82, 2.24) is 0 Å². The molecule has 0 unspecified atom stereocenters. The SMILES string of the molecule is CC(C)(C)OC(=O)c1ccc(CCCCCO)cc1. The van der Waals surface area contributed by atoms with Gasteiger partial charge < -0.3 is 9.84 Å². The minimum atomic E-state index is -0.458. The minimum Gasteiger partial charge on any atom is -0.456 e. The number of rotatable bonds is 6. The molecule has 0 spiro atoms. The molecule has 0 aliphatic heterocycles. The summed E-state index contributed by atoms with van der Waals surface area (Å²) in [6.07, 6.45) is 3.93. The average molecular weight is 264 g/mol. The van der Waals surface area contributed by atoms with Gasteiger partial charge >= 0.3 is 5.97 Å². The number of hydrogen-bond donors (Lipinski definition) is 1. The Morgan fingerprint density at radius 1 is 1.11 bits per heavy atom. The average Bonchev–Trinajstić information content (AvgIpc) is 2.33. The number of aliphatic hydroxyl groups excluding tert-OH is 1. The van der Waals surface area contributed by atoms with Crippen LogP contribution in [0.5, 0.6) is 0 Å². The van der Waals surface area contributed by atoms with E-state index in [0.717, 1.165) is 25.7 Å². The maximum Gasteiger partial charge on any atom is 0.338 e. The largest absolute Gasteiger partial charge is 0.456 e. The van der Waals surface area contributed by atoms with Crippen LogP contribution in [0.4, 0.5) is 0 Å². The van der Waals surface area contributed by atoms with E-state index in [1.165, 1.54) is 5.56 Å². The van der Waals surface area contributed by atoms with Gasteiger partial charge in [-0.3, -0.25) is 0 Å². The molecule has 0 saturated heterocycles. The molecule has 1 rings (SSSR count). The van der Waals surface area contributed by atoms with Gasteiger partial charge in [0.2, 0.25) is 0 Å². The van der Waals surface area contributed by atoms with E-state index in [2.05, 4.69) is 0 Å². The number of unbranched alkanes of at least 4 members (excludes halogenated alkanes) is 2. The van der Waals surface area contributed by atoms with Gasteiger partial charge in [0.1, 0.15) is 5.60 Å². The summed E-state index contributed by atoms with van der Waals surface area (Å²) in [5.74, 6) is -0.278. The molecule has 0 fully saturated rings. The van der Waals surface area contributed by atoms with E-state index in [4.69, 9.17) is 9.84 Å². The van der Waals surface area contributed by atoms with Crippen LogP contribution < -0.4 is 0 Å². The number of carbonyl (C=O) groups excluding carboxylic acids is 1. The summed E-state index contributed by atoms with van der Waals surface area (Å²) in [7, 11) is 0. The lowest BCUT2D eigenvalue weighted by atomic mass is 10.1. The van der Waals surface area contributed by atoms with E-state index in [-0.39, 0.29) is 12.6 Å². The molecule has 19 heavy (non-hydrogen) atoms. The van der Waals surface area contributed by atoms with Gasteiger partial charge in [-0.05, 0) is 57.7 Å². The number of benzene rings is 1. The third kappa shape index (κ3) is 6.39. The van der Waals surface area contributed by atoms with Gasteiger partial charge in [0.15, 0.2) is 0 Å². The standard InChI is InChI=1S/C16H24O3/c1-16(2,3)19-15(18)14-10-8-13(9-11-14)7-5-4-6-12-17/h8-11,17H,4-7,12H2,1-3H3. The Balaban J connectivity index is 2.49. The first-order valence-corrected chi connectivity index (χ1v) is 6.85. The van der Waals surface area contributed by atoms with Crippen molar-refractivity contribution in [2.24, 2.45) is 0 Å². The first-order chi connectivity index (χ1) is 8.92. The Bertz CT molecular complexity index is 387. The normalized spacial score (nSPS) is 11.4. The van der Waals surface area contributed by atoms with E-state index >= 15 is 0 Å². The zero-order chi connectivity index (χ0) is 14.3. The number of hydrogen-bond acceptors (Lipinski definition) is 3. The van der Waals surface area contributed by atoms with E-state index in [0.29, 0.717) is 5.56 Å². The van der Waals surface area contributed by atoms with Crippen LogP contribution in [-0.2, 0) is 11.2 Å². The fourth-order valence-corrected chi connectivity index (χ4v) is 1.76. The highest BCUT2D eigenvalue weighted by atomic mass is 16.6. The zero-order valence-electron chi connectivity index (χ0n) is 12.1. The van der Waals surface area contributed by atoms with E-state index in [1.54, 1.807) is 0 Å². The molecule has 0 aliphatic rings. The van der Waals surface area contributed by atoms with Gasteiger partial charge in [-0.2, -0.15) is 0 Å². The molecular formula is C16H24O3. The molecular weight excluding hydrogens is 240 g/mol. The first-order valence-electron chi connectivity index (χ1n) is 6.85. The summed E-state index contributed by atoms with van der Waals surface area (Å²) in [4.78, 5) is 11.8. The fourth-order valence-electron chi connectivity index (χ4n) is 1.76. The zero-order valence-corrected chi connectivity index (χ0v) is 12.1. The highest BCUT2D eigenvalue weighted by Crippen LogP contribution is 2.14. The van der Waals surface area contributed by atoms with E-state index in [9.17, 15) is 4.79 Å². The highest BCUT2D eigenvalue weighted by molar-refractivity contribution is 5.89. The number of carbonyl (C=O) groups is 1. The Kier molecular flexibility index (Phi) is 6.03. The molecule has 0 heterocycles. The lowest BCUT2D eigenvalue weighted by Gasteiger charge is -2.19. The van der Waals surface area contributed by atoms with Crippen molar-refractivity contribution < 1.29 is 14.6 Å². The van der Waals surface area contributed by atoms with Gasteiger partial charge in [-0.15, -0.1) is 0 Å². The lowest BCUT2D eigenvalue weighted by molar-refractivity contribution is 0.00695. The summed E-state index contributed by atoms with van der Waals surface area (Å²) in [6.45, 7) is 5.85. The van der Waals surface area contributed by atoms with Crippen LogP contribution in [0.1, 0.15) is 56.0 Å². The van der Waals surface area contributed by atoms with Gasteiger partial charge in [0.25, 0.3) is 0 Å². The van der Waals surface area contributed by atoms with Crippen molar-refractivity contribution in [2.75, 3.05) is 6.61 Å². The van der Waals surface area contributed by atoms with Crippen LogP contribution in [0.3, 0.4) is 0 Å². The fraction of sp³-hybridized carbons (Fsp3) is 0.562. The van der Waals surface area contributed by atoms with Crippen LogP contribution in [0.2, 0.25) is 0 Å². The van der Waals surface area contributed by atoms with Crippen molar-refractivity contribution in [3.05, 3.63) is 35.4 Å². The quantitative estimate of drug-likeness (QED) is 0.633. The van der Waals surface area contributed by atoms with Gasteiger partial charge in [-0.25, -0.2) is 4.79 Å².